The number of oxazole rings is 1. The van der Waals surface area contributed by atoms with Crippen molar-refractivity contribution in [1.29, 1.82) is 0 Å². The molecule has 0 amide bonds. The van der Waals surface area contributed by atoms with Crippen LogP contribution in [0, 0.1) is 0 Å². The molecule has 11 rings (SSSR count). The van der Waals surface area contributed by atoms with E-state index < -0.39 is 0 Å². The first-order chi connectivity index (χ1) is 27.3. The molecule has 2 heterocycles. The maximum absolute atomic E-state index is 6.44. The summed E-state index contributed by atoms with van der Waals surface area (Å²) in [5.41, 5.74) is 11.2. The lowest BCUT2D eigenvalue weighted by Gasteiger charge is -2.26. The van der Waals surface area contributed by atoms with Gasteiger partial charge in [-0.2, -0.15) is 0 Å². The van der Waals surface area contributed by atoms with E-state index >= 15 is 0 Å². The maximum atomic E-state index is 6.44. The molecule has 0 aliphatic rings. The number of hydrogen-bond acceptors (Lipinski definition) is 3. The van der Waals surface area contributed by atoms with Crippen LogP contribution in [-0.4, -0.2) is 9.55 Å². The SMILES string of the molecule is c1ccc(-c2nc3c(N(c4cccc(-c5cccc6ccccc56)c4)c4ccc5c6c7ccccc7ccc6n(-c6ccccc6)c5c4)cccc3o2)cc1. The zero-order chi connectivity index (χ0) is 36.3. The average molecular weight is 704 g/mol. The lowest BCUT2D eigenvalue weighted by molar-refractivity contribution is 0.620. The molecule has 0 fully saturated rings. The summed E-state index contributed by atoms with van der Waals surface area (Å²) in [5, 5.41) is 7.36. The molecule has 9 aromatic carbocycles. The highest BCUT2D eigenvalue weighted by molar-refractivity contribution is 6.22. The van der Waals surface area contributed by atoms with Crippen LogP contribution in [0.4, 0.5) is 17.1 Å². The molecule has 0 radical (unpaired) electrons. The Balaban J connectivity index is 1.19. The number of rotatable bonds is 6. The van der Waals surface area contributed by atoms with Crippen LogP contribution in [0.25, 0.3) is 82.7 Å². The first-order valence-corrected chi connectivity index (χ1v) is 18.6. The number of fused-ring (bicyclic) bond motifs is 7. The highest BCUT2D eigenvalue weighted by Crippen LogP contribution is 2.44. The van der Waals surface area contributed by atoms with Crippen LogP contribution in [0.1, 0.15) is 0 Å². The molecular formula is C51H33N3O. The summed E-state index contributed by atoms with van der Waals surface area (Å²) in [5.74, 6) is 0.596. The van der Waals surface area contributed by atoms with Gasteiger partial charge in [-0.15, -0.1) is 0 Å². The van der Waals surface area contributed by atoms with E-state index in [0.29, 0.717) is 5.89 Å². The zero-order valence-electron chi connectivity index (χ0n) is 29.8. The molecule has 0 aliphatic heterocycles. The molecule has 11 aromatic rings. The predicted octanol–water partition coefficient (Wildman–Crippen LogP) is 14.0. The highest BCUT2D eigenvalue weighted by atomic mass is 16.3. The van der Waals surface area contributed by atoms with Crippen LogP contribution < -0.4 is 4.90 Å². The van der Waals surface area contributed by atoms with Gasteiger partial charge in [0.2, 0.25) is 5.89 Å². The fraction of sp³-hybridized carbons (Fsp3) is 0. The summed E-state index contributed by atoms with van der Waals surface area (Å²) < 4.78 is 8.84. The third kappa shape index (κ3) is 5.11. The zero-order valence-corrected chi connectivity index (χ0v) is 29.8. The Morgan fingerprint density at radius 1 is 0.455 bits per heavy atom. The summed E-state index contributed by atoms with van der Waals surface area (Å²) in [6.07, 6.45) is 0. The molecule has 0 unspecified atom stereocenters. The molecule has 55 heavy (non-hydrogen) atoms. The lowest BCUT2D eigenvalue weighted by Crippen LogP contribution is -2.11. The molecule has 0 N–H and O–H groups in total. The van der Waals surface area contributed by atoms with Gasteiger partial charge in [-0.05, 0) is 99.4 Å². The van der Waals surface area contributed by atoms with Crippen molar-refractivity contribution >= 4 is 71.5 Å². The van der Waals surface area contributed by atoms with Crippen LogP contribution in [0.2, 0.25) is 0 Å². The van der Waals surface area contributed by atoms with E-state index in [4.69, 9.17) is 9.40 Å². The monoisotopic (exact) mass is 703 g/mol. The molecule has 2 aromatic heterocycles. The van der Waals surface area contributed by atoms with Crippen LogP contribution in [0.15, 0.2) is 205 Å². The Labute approximate surface area is 317 Å². The number of anilines is 3. The second kappa shape index (κ2) is 12.6. The minimum Gasteiger partial charge on any atom is -0.436 e. The molecule has 4 nitrogen and oxygen atoms in total. The van der Waals surface area contributed by atoms with Gasteiger partial charge in [0.25, 0.3) is 0 Å². The molecule has 0 aliphatic carbocycles. The number of benzene rings is 9. The van der Waals surface area contributed by atoms with Gasteiger partial charge in [-0.1, -0.05) is 133 Å². The van der Waals surface area contributed by atoms with E-state index in [1.165, 1.54) is 43.4 Å². The minimum atomic E-state index is 0.596. The normalized spacial score (nSPS) is 11.6. The van der Waals surface area contributed by atoms with E-state index in [1.54, 1.807) is 0 Å². The van der Waals surface area contributed by atoms with Crippen molar-refractivity contribution in [2.24, 2.45) is 0 Å². The van der Waals surface area contributed by atoms with Crippen LogP contribution in [-0.2, 0) is 0 Å². The molecule has 0 spiro atoms. The van der Waals surface area contributed by atoms with Crippen molar-refractivity contribution in [3.63, 3.8) is 0 Å². The number of para-hydroxylation sites is 2. The predicted molar refractivity (Wildman–Crippen MR) is 229 cm³/mol. The van der Waals surface area contributed by atoms with Crippen molar-refractivity contribution in [3.05, 3.63) is 200 Å². The van der Waals surface area contributed by atoms with Gasteiger partial charge >= 0.3 is 0 Å². The van der Waals surface area contributed by atoms with Crippen molar-refractivity contribution in [2.45, 2.75) is 0 Å². The van der Waals surface area contributed by atoms with Gasteiger partial charge in [0, 0.05) is 33.4 Å². The van der Waals surface area contributed by atoms with Crippen LogP contribution in [0.5, 0.6) is 0 Å². The molecule has 0 bridgehead atoms. The van der Waals surface area contributed by atoms with E-state index in [-0.39, 0.29) is 0 Å². The minimum absolute atomic E-state index is 0.596. The van der Waals surface area contributed by atoms with E-state index in [0.717, 1.165) is 50.5 Å². The fourth-order valence-corrected chi connectivity index (χ4v) is 8.31. The van der Waals surface area contributed by atoms with Crippen LogP contribution in [0.3, 0.4) is 0 Å². The van der Waals surface area contributed by atoms with Gasteiger partial charge in [0.1, 0.15) is 5.52 Å². The molecule has 0 saturated heterocycles. The molecule has 0 saturated carbocycles. The second-order valence-corrected chi connectivity index (χ2v) is 14.0. The maximum Gasteiger partial charge on any atom is 0.227 e. The summed E-state index contributed by atoms with van der Waals surface area (Å²) in [7, 11) is 0. The van der Waals surface area contributed by atoms with Gasteiger partial charge < -0.3 is 13.9 Å². The second-order valence-electron chi connectivity index (χ2n) is 14.0. The van der Waals surface area contributed by atoms with Crippen LogP contribution >= 0.6 is 0 Å². The summed E-state index contributed by atoms with van der Waals surface area (Å²) in [6, 6.07) is 71.0. The van der Waals surface area contributed by atoms with Gasteiger partial charge in [-0.3, -0.25) is 0 Å². The largest absolute Gasteiger partial charge is 0.436 e. The highest BCUT2D eigenvalue weighted by Gasteiger charge is 2.22. The summed E-state index contributed by atoms with van der Waals surface area (Å²) in [4.78, 5) is 7.49. The third-order valence-electron chi connectivity index (χ3n) is 10.8. The topological polar surface area (TPSA) is 34.2 Å². The van der Waals surface area contributed by atoms with E-state index in [1.807, 2.05) is 36.4 Å². The van der Waals surface area contributed by atoms with Crippen molar-refractivity contribution in [2.75, 3.05) is 4.90 Å². The lowest BCUT2D eigenvalue weighted by atomic mass is 9.97. The average Bonchev–Trinajstić information content (AvgIpc) is 3.85. The molecule has 0 atom stereocenters. The van der Waals surface area contributed by atoms with Crippen molar-refractivity contribution in [1.82, 2.24) is 9.55 Å². The van der Waals surface area contributed by atoms with Gasteiger partial charge in [0.05, 0.1) is 16.7 Å². The Kier molecular flexibility index (Phi) is 7.14. The van der Waals surface area contributed by atoms with Gasteiger partial charge in [0.15, 0.2) is 5.58 Å². The summed E-state index contributed by atoms with van der Waals surface area (Å²) >= 11 is 0. The Hall–Kier alpha value is -7.43. The third-order valence-corrected chi connectivity index (χ3v) is 10.8. The molecule has 4 heteroatoms. The first-order valence-electron chi connectivity index (χ1n) is 18.6. The molecular weight excluding hydrogens is 671 g/mol. The standard InChI is InChI=1S/C51H33N3O/c1-3-16-36(17-4-1)51-52-50-46(26-13-27-48(50)55-51)53(39-22-11-19-37(32-39)42-25-12-18-34-14-7-9-23-41(34)42)40-29-30-44-47(33-40)54(38-20-5-2-6-21-38)45-31-28-35-15-8-10-24-43(35)49(44)45/h1-33H. The molecule has 258 valence electrons. The quantitative estimate of drug-likeness (QED) is 0.173. The summed E-state index contributed by atoms with van der Waals surface area (Å²) in [6.45, 7) is 0. The smallest absolute Gasteiger partial charge is 0.227 e. The Morgan fingerprint density at radius 2 is 1.13 bits per heavy atom. The van der Waals surface area contributed by atoms with Crippen molar-refractivity contribution in [3.8, 4) is 28.3 Å². The number of nitrogens with zero attached hydrogens (tertiary/aromatic N) is 3. The van der Waals surface area contributed by atoms with E-state index in [9.17, 15) is 0 Å². The number of aromatic nitrogens is 2. The Morgan fingerprint density at radius 3 is 1.98 bits per heavy atom. The Bertz CT molecular complexity index is 3210. The first kappa shape index (κ1) is 31.1. The fourth-order valence-electron chi connectivity index (χ4n) is 8.31. The van der Waals surface area contributed by atoms with Crippen molar-refractivity contribution < 1.29 is 4.42 Å². The number of hydrogen-bond donors (Lipinski definition) is 0. The van der Waals surface area contributed by atoms with Gasteiger partial charge in [-0.25, -0.2) is 4.98 Å². The van der Waals surface area contributed by atoms with E-state index in [2.05, 4.69) is 173 Å².